The molecule has 5 heteroatoms. The van der Waals surface area contributed by atoms with Crippen LogP contribution >= 0.6 is 11.6 Å². The van der Waals surface area contributed by atoms with Gasteiger partial charge >= 0.3 is 0 Å². The molecule has 1 amide bonds. The van der Waals surface area contributed by atoms with Gasteiger partial charge in [-0.3, -0.25) is 9.69 Å². The molecule has 108 valence electrons. The van der Waals surface area contributed by atoms with Crippen LogP contribution in [0.15, 0.2) is 10.5 Å². The molecule has 0 radical (unpaired) electrons. The van der Waals surface area contributed by atoms with E-state index in [-0.39, 0.29) is 11.4 Å². The van der Waals surface area contributed by atoms with Gasteiger partial charge in [0.05, 0.1) is 5.88 Å². The maximum absolute atomic E-state index is 12.0. The molecule has 0 atom stereocenters. The van der Waals surface area contributed by atoms with Crippen LogP contribution in [-0.2, 0) is 5.88 Å². The van der Waals surface area contributed by atoms with Crippen LogP contribution in [0.5, 0.6) is 0 Å². The van der Waals surface area contributed by atoms with Gasteiger partial charge in [0, 0.05) is 17.6 Å². The van der Waals surface area contributed by atoms with Crippen LogP contribution in [0.1, 0.15) is 42.6 Å². The SMILES string of the molecule is CCN(C)C(C)(C)CNC(=O)c1cc(CCl)c(C)o1. The molecule has 19 heavy (non-hydrogen) atoms. The first-order chi connectivity index (χ1) is 8.81. The van der Waals surface area contributed by atoms with E-state index < -0.39 is 0 Å². The number of amides is 1. The van der Waals surface area contributed by atoms with Crippen molar-refractivity contribution in [3.05, 3.63) is 23.2 Å². The normalized spacial score (nSPS) is 11.9. The second-order valence-electron chi connectivity index (χ2n) is 5.33. The summed E-state index contributed by atoms with van der Waals surface area (Å²) in [5.74, 6) is 1.18. The maximum atomic E-state index is 12.0. The summed E-state index contributed by atoms with van der Waals surface area (Å²) >= 11 is 5.76. The van der Waals surface area contributed by atoms with E-state index in [9.17, 15) is 4.79 Å². The number of hydrogen-bond donors (Lipinski definition) is 1. The molecule has 1 N–H and O–H groups in total. The largest absolute Gasteiger partial charge is 0.456 e. The Hall–Kier alpha value is -1.00. The molecular weight excluding hydrogens is 264 g/mol. The van der Waals surface area contributed by atoms with Crippen molar-refractivity contribution in [2.45, 2.75) is 39.1 Å². The molecule has 1 heterocycles. The van der Waals surface area contributed by atoms with Crippen molar-refractivity contribution in [2.24, 2.45) is 0 Å². The molecule has 0 saturated carbocycles. The van der Waals surface area contributed by atoms with Crippen LogP contribution in [-0.4, -0.2) is 36.5 Å². The minimum Gasteiger partial charge on any atom is -0.456 e. The molecule has 0 aliphatic carbocycles. The smallest absolute Gasteiger partial charge is 0.287 e. The Morgan fingerprint density at radius 1 is 1.53 bits per heavy atom. The highest BCUT2D eigenvalue weighted by molar-refractivity contribution is 6.17. The average Bonchev–Trinajstić information content (AvgIpc) is 2.76. The van der Waals surface area contributed by atoms with Gasteiger partial charge in [-0.1, -0.05) is 6.92 Å². The summed E-state index contributed by atoms with van der Waals surface area (Å²) in [7, 11) is 2.04. The number of furan rings is 1. The zero-order chi connectivity index (χ0) is 14.6. The van der Waals surface area contributed by atoms with Crippen molar-refractivity contribution in [1.82, 2.24) is 10.2 Å². The molecule has 0 bridgehead atoms. The Labute approximate surface area is 120 Å². The van der Waals surface area contributed by atoms with E-state index in [2.05, 4.69) is 31.0 Å². The van der Waals surface area contributed by atoms with Crippen molar-refractivity contribution >= 4 is 17.5 Å². The average molecular weight is 287 g/mol. The summed E-state index contributed by atoms with van der Waals surface area (Å²) in [4.78, 5) is 14.2. The molecule has 0 aliphatic heterocycles. The van der Waals surface area contributed by atoms with Gasteiger partial charge < -0.3 is 9.73 Å². The van der Waals surface area contributed by atoms with Crippen molar-refractivity contribution < 1.29 is 9.21 Å². The highest BCUT2D eigenvalue weighted by atomic mass is 35.5. The monoisotopic (exact) mass is 286 g/mol. The highest BCUT2D eigenvalue weighted by Crippen LogP contribution is 2.17. The van der Waals surface area contributed by atoms with E-state index >= 15 is 0 Å². The fourth-order valence-electron chi connectivity index (χ4n) is 1.71. The molecule has 0 aromatic carbocycles. The Balaban J connectivity index is 2.65. The number of carbonyl (C=O) groups excluding carboxylic acids is 1. The first-order valence-electron chi connectivity index (χ1n) is 6.46. The molecule has 1 rings (SSSR count). The minimum absolute atomic E-state index is 0.0959. The maximum Gasteiger partial charge on any atom is 0.287 e. The zero-order valence-corrected chi connectivity index (χ0v) is 13.1. The molecule has 0 aliphatic rings. The van der Waals surface area contributed by atoms with E-state index in [1.807, 2.05) is 14.0 Å². The molecule has 1 aromatic rings. The van der Waals surface area contributed by atoms with Crippen LogP contribution in [0.25, 0.3) is 0 Å². The Morgan fingerprint density at radius 2 is 2.16 bits per heavy atom. The van der Waals surface area contributed by atoms with Gasteiger partial charge in [0.2, 0.25) is 0 Å². The minimum atomic E-state index is -0.197. The standard InChI is InChI=1S/C14H23ClN2O2/c1-6-17(5)14(3,4)9-16-13(18)12-7-11(8-15)10(2)19-12/h7H,6,8-9H2,1-5H3,(H,16,18). The third-order valence-electron chi connectivity index (χ3n) is 3.58. The number of alkyl halides is 1. The lowest BCUT2D eigenvalue weighted by molar-refractivity contribution is 0.0879. The number of carbonyl (C=O) groups is 1. The van der Waals surface area contributed by atoms with Gasteiger partial charge in [-0.05, 0) is 40.4 Å². The summed E-state index contributed by atoms with van der Waals surface area (Å²) < 4.78 is 5.41. The highest BCUT2D eigenvalue weighted by Gasteiger charge is 2.24. The number of hydrogen-bond acceptors (Lipinski definition) is 3. The molecule has 0 fully saturated rings. The second-order valence-corrected chi connectivity index (χ2v) is 5.60. The lowest BCUT2D eigenvalue weighted by Crippen LogP contribution is -2.49. The summed E-state index contributed by atoms with van der Waals surface area (Å²) in [5.41, 5.74) is 0.762. The zero-order valence-electron chi connectivity index (χ0n) is 12.3. The lowest BCUT2D eigenvalue weighted by atomic mass is 10.0. The predicted octanol–water partition coefficient (Wildman–Crippen LogP) is 2.79. The summed E-state index contributed by atoms with van der Waals surface area (Å²) in [6, 6.07) is 1.70. The molecular formula is C14H23ClN2O2. The van der Waals surface area contributed by atoms with Crippen LogP contribution in [0, 0.1) is 6.92 Å². The second kappa shape index (κ2) is 6.44. The quantitative estimate of drug-likeness (QED) is 0.818. The fraction of sp³-hybridized carbons (Fsp3) is 0.643. The van der Waals surface area contributed by atoms with Crippen LogP contribution in [0.4, 0.5) is 0 Å². The van der Waals surface area contributed by atoms with Crippen molar-refractivity contribution in [2.75, 3.05) is 20.1 Å². The predicted molar refractivity (Wildman–Crippen MR) is 77.7 cm³/mol. The van der Waals surface area contributed by atoms with Gasteiger partial charge in [0.1, 0.15) is 5.76 Å². The van der Waals surface area contributed by atoms with Gasteiger partial charge in [-0.25, -0.2) is 0 Å². The van der Waals surface area contributed by atoms with Gasteiger partial charge in [0.25, 0.3) is 5.91 Å². The number of aryl methyl sites for hydroxylation is 1. The van der Waals surface area contributed by atoms with E-state index in [0.717, 1.165) is 12.1 Å². The number of rotatable bonds is 6. The van der Waals surface area contributed by atoms with Crippen LogP contribution < -0.4 is 5.32 Å². The molecule has 4 nitrogen and oxygen atoms in total. The van der Waals surface area contributed by atoms with Gasteiger partial charge in [-0.15, -0.1) is 11.6 Å². The molecule has 0 spiro atoms. The molecule has 1 aromatic heterocycles. The van der Waals surface area contributed by atoms with Gasteiger partial charge in [0.15, 0.2) is 5.76 Å². The number of likely N-dealkylation sites (N-methyl/N-ethyl adjacent to an activating group) is 1. The Kier molecular flexibility index (Phi) is 5.44. The molecule has 0 unspecified atom stereocenters. The summed E-state index contributed by atoms with van der Waals surface area (Å²) in [6.45, 7) is 9.57. The van der Waals surface area contributed by atoms with E-state index in [1.165, 1.54) is 0 Å². The Morgan fingerprint density at radius 3 is 2.63 bits per heavy atom. The van der Waals surface area contributed by atoms with Crippen molar-refractivity contribution in [3.8, 4) is 0 Å². The topological polar surface area (TPSA) is 45.5 Å². The van der Waals surface area contributed by atoms with Crippen molar-refractivity contribution in [3.63, 3.8) is 0 Å². The first-order valence-corrected chi connectivity index (χ1v) is 7.00. The van der Waals surface area contributed by atoms with E-state index in [4.69, 9.17) is 16.0 Å². The van der Waals surface area contributed by atoms with E-state index in [1.54, 1.807) is 6.07 Å². The van der Waals surface area contributed by atoms with Crippen LogP contribution in [0.3, 0.4) is 0 Å². The lowest BCUT2D eigenvalue weighted by Gasteiger charge is -2.34. The van der Waals surface area contributed by atoms with Gasteiger partial charge in [-0.2, -0.15) is 0 Å². The van der Waals surface area contributed by atoms with Crippen LogP contribution in [0.2, 0.25) is 0 Å². The third-order valence-corrected chi connectivity index (χ3v) is 3.87. The summed E-state index contributed by atoms with van der Waals surface area (Å²) in [5, 5.41) is 2.90. The third kappa shape index (κ3) is 3.98. The van der Waals surface area contributed by atoms with E-state index in [0.29, 0.717) is 23.9 Å². The number of nitrogens with zero attached hydrogens (tertiary/aromatic N) is 1. The first kappa shape index (κ1) is 16.1. The fourth-order valence-corrected chi connectivity index (χ4v) is 1.98. The summed E-state index contributed by atoms with van der Waals surface area (Å²) in [6.07, 6.45) is 0. The number of halogens is 1. The Bertz CT molecular complexity index is 441. The molecule has 0 saturated heterocycles. The number of nitrogens with one attached hydrogen (secondary N) is 1. The van der Waals surface area contributed by atoms with Crippen molar-refractivity contribution in [1.29, 1.82) is 0 Å².